The predicted octanol–water partition coefficient (Wildman–Crippen LogP) is 5.44. The summed E-state index contributed by atoms with van der Waals surface area (Å²) in [5.74, 6) is 1.36. The van der Waals surface area contributed by atoms with Gasteiger partial charge in [-0.2, -0.15) is 0 Å². The Bertz CT molecular complexity index is 827. The van der Waals surface area contributed by atoms with Crippen LogP contribution in [0.25, 0.3) is 22.3 Å². The van der Waals surface area contributed by atoms with Gasteiger partial charge in [0.15, 0.2) is 0 Å². The Morgan fingerprint density at radius 2 is 1.54 bits per heavy atom. The van der Waals surface area contributed by atoms with Crippen molar-refractivity contribution in [3.63, 3.8) is 0 Å². The van der Waals surface area contributed by atoms with E-state index in [2.05, 4.69) is 4.98 Å². The fraction of sp³-hybridized carbons (Fsp3) is 0.150. The molecule has 0 saturated heterocycles. The summed E-state index contributed by atoms with van der Waals surface area (Å²) in [7, 11) is 0. The minimum atomic E-state index is 0.158. The van der Waals surface area contributed by atoms with Gasteiger partial charge in [-0.25, -0.2) is 4.98 Å². The van der Waals surface area contributed by atoms with Gasteiger partial charge in [-0.15, -0.1) is 0 Å². The largest absolute Gasteiger partial charge is 0.491 e. The quantitative estimate of drug-likeness (QED) is 0.689. The predicted molar refractivity (Wildman–Crippen MR) is 100 cm³/mol. The molecule has 0 saturated carbocycles. The fourth-order valence-electron chi connectivity index (χ4n) is 2.49. The average Bonchev–Trinajstić information content (AvgIpc) is 2.56. The lowest BCUT2D eigenvalue weighted by Crippen LogP contribution is -2.05. The number of aromatic nitrogens is 1. The van der Waals surface area contributed by atoms with Gasteiger partial charge < -0.3 is 10.5 Å². The number of nitrogens with two attached hydrogens (primary N) is 1. The Hall–Kier alpha value is -2.52. The molecule has 0 atom stereocenters. The van der Waals surface area contributed by atoms with Crippen molar-refractivity contribution in [2.24, 2.45) is 0 Å². The number of anilines is 1. The van der Waals surface area contributed by atoms with Crippen LogP contribution in [0.2, 0.25) is 5.02 Å². The molecule has 0 amide bonds. The topological polar surface area (TPSA) is 48.1 Å². The maximum absolute atomic E-state index is 6.05. The van der Waals surface area contributed by atoms with Crippen LogP contribution < -0.4 is 10.5 Å². The number of hydrogen-bond donors (Lipinski definition) is 1. The first-order valence-electron chi connectivity index (χ1n) is 7.81. The van der Waals surface area contributed by atoms with E-state index in [0.717, 1.165) is 28.0 Å². The van der Waals surface area contributed by atoms with E-state index in [1.54, 1.807) is 6.20 Å². The number of hydrogen-bond acceptors (Lipinski definition) is 3. The van der Waals surface area contributed by atoms with Crippen LogP contribution in [0.5, 0.6) is 5.75 Å². The molecule has 0 aliphatic rings. The molecule has 0 fully saturated rings. The summed E-state index contributed by atoms with van der Waals surface area (Å²) in [5, 5.41) is 0.696. The minimum Gasteiger partial charge on any atom is -0.491 e. The highest BCUT2D eigenvalue weighted by Gasteiger charge is 2.08. The first-order valence-corrected chi connectivity index (χ1v) is 8.19. The molecule has 24 heavy (non-hydrogen) atoms. The van der Waals surface area contributed by atoms with E-state index in [0.29, 0.717) is 10.8 Å². The smallest absolute Gasteiger partial charge is 0.131 e. The third kappa shape index (κ3) is 3.69. The van der Waals surface area contributed by atoms with Gasteiger partial charge in [0.1, 0.15) is 11.6 Å². The zero-order valence-electron chi connectivity index (χ0n) is 13.7. The summed E-state index contributed by atoms with van der Waals surface area (Å²) in [4.78, 5) is 4.34. The van der Waals surface area contributed by atoms with Crippen molar-refractivity contribution in [3.05, 3.63) is 65.8 Å². The lowest BCUT2D eigenvalue weighted by atomic mass is 10.0. The third-order valence-electron chi connectivity index (χ3n) is 3.63. The molecule has 2 N–H and O–H groups in total. The molecule has 0 bridgehead atoms. The molecule has 1 heterocycles. The monoisotopic (exact) mass is 338 g/mol. The highest BCUT2D eigenvalue weighted by Crippen LogP contribution is 2.31. The Morgan fingerprint density at radius 1 is 0.917 bits per heavy atom. The van der Waals surface area contributed by atoms with Crippen LogP contribution in [0, 0.1) is 0 Å². The lowest BCUT2D eigenvalue weighted by Gasteiger charge is -2.11. The van der Waals surface area contributed by atoms with E-state index >= 15 is 0 Å². The second-order valence-electron chi connectivity index (χ2n) is 5.85. The normalized spacial score (nSPS) is 10.8. The molecule has 0 radical (unpaired) electrons. The molecule has 4 heteroatoms. The Morgan fingerprint density at radius 3 is 2.17 bits per heavy atom. The number of rotatable bonds is 4. The van der Waals surface area contributed by atoms with E-state index < -0.39 is 0 Å². The maximum Gasteiger partial charge on any atom is 0.131 e. The van der Waals surface area contributed by atoms with Gasteiger partial charge in [-0.1, -0.05) is 35.9 Å². The number of pyridine rings is 1. The van der Waals surface area contributed by atoms with E-state index in [1.807, 2.05) is 68.4 Å². The molecular formula is C20H19ClN2O. The van der Waals surface area contributed by atoms with Gasteiger partial charge in [-0.3, -0.25) is 0 Å². The first kappa shape index (κ1) is 16.3. The standard InChI is InChI=1S/C20H19ClN2O/c1-13(2)24-18-9-5-14(6-10-18)16-11-19(20(22)23-12-16)15-3-7-17(21)8-4-15/h3-13H,1-2H3,(H2,22,23). The lowest BCUT2D eigenvalue weighted by molar-refractivity contribution is 0.242. The van der Waals surface area contributed by atoms with Crippen molar-refractivity contribution >= 4 is 17.4 Å². The van der Waals surface area contributed by atoms with Crippen LogP contribution in [0.1, 0.15) is 13.8 Å². The van der Waals surface area contributed by atoms with Gasteiger partial charge in [-0.05, 0) is 55.3 Å². The molecule has 122 valence electrons. The number of nitrogen functional groups attached to an aromatic ring is 1. The molecule has 0 unspecified atom stereocenters. The molecule has 0 aliphatic heterocycles. The number of halogens is 1. The molecule has 3 aromatic rings. The number of nitrogens with zero attached hydrogens (tertiary/aromatic N) is 1. The van der Waals surface area contributed by atoms with Gasteiger partial charge in [0.2, 0.25) is 0 Å². The zero-order valence-corrected chi connectivity index (χ0v) is 14.4. The highest BCUT2D eigenvalue weighted by molar-refractivity contribution is 6.30. The summed E-state index contributed by atoms with van der Waals surface area (Å²) in [6.45, 7) is 4.02. The first-order chi connectivity index (χ1) is 11.5. The number of benzene rings is 2. The third-order valence-corrected chi connectivity index (χ3v) is 3.89. The van der Waals surface area contributed by atoms with Crippen molar-refractivity contribution in [3.8, 4) is 28.0 Å². The molecule has 0 aliphatic carbocycles. The molecular weight excluding hydrogens is 320 g/mol. The van der Waals surface area contributed by atoms with Crippen LogP contribution >= 0.6 is 11.6 Å². The molecule has 0 spiro atoms. The minimum absolute atomic E-state index is 0.158. The van der Waals surface area contributed by atoms with Crippen molar-refractivity contribution in [1.29, 1.82) is 0 Å². The maximum atomic E-state index is 6.05. The Balaban J connectivity index is 1.94. The van der Waals surface area contributed by atoms with Crippen molar-refractivity contribution in [1.82, 2.24) is 4.98 Å². The zero-order chi connectivity index (χ0) is 17.1. The van der Waals surface area contributed by atoms with Gasteiger partial charge in [0, 0.05) is 22.3 Å². The second-order valence-corrected chi connectivity index (χ2v) is 6.29. The molecule has 2 aromatic carbocycles. The van der Waals surface area contributed by atoms with Crippen LogP contribution in [0.4, 0.5) is 5.82 Å². The van der Waals surface area contributed by atoms with E-state index in [-0.39, 0.29) is 6.10 Å². The Labute approximate surface area is 147 Å². The van der Waals surface area contributed by atoms with Crippen LogP contribution in [0.3, 0.4) is 0 Å². The highest BCUT2D eigenvalue weighted by atomic mass is 35.5. The van der Waals surface area contributed by atoms with E-state index in [9.17, 15) is 0 Å². The van der Waals surface area contributed by atoms with E-state index in [4.69, 9.17) is 22.1 Å². The molecule has 3 rings (SSSR count). The van der Waals surface area contributed by atoms with Crippen LogP contribution in [0.15, 0.2) is 60.8 Å². The van der Waals surface area contributed by atoms with E-state index in [1.165, 1.54) is 0 Å². The van der Waals surface area contributed by atoms with Gasteiger partial charge >= 0.3 is 0 Å². The second kappa shape index (κ2) is 6.93. The van der Waals surface area contributed by atoms with Crippen LogP contribution in [-0.2, 0) is 0 Å². The van der Waals surface area contributed by atoms with Crippen molar-refractivity contribution < 1.29 is 4.74 Å². The van der Waals surface area contributed by atoms with Crippen molar-refractivity contribution in [2.45, 2.75) is 20.0 Å². The average molecular weight is 339 g/mol. The van der Waals surface area contributed by atoms with Gasteiger partial charge in [0.25, 0.3) is 0 Å². The summed E-state index contributed by atoms with van der Waals surface area (Å²) >= 11 is 5.96. The number of ether oxygens (including phenoxy) is 1. The molecule has 1 aromatic heterocycles. The summed E-state index contributed by atoms with van der Waals surface area (Å²) in [6.07, 6.45) is 1.94. The SMILES string of the molecule is CC(C)Oc1ccc(-c2cnc(N)c(-c3ccc(Cl)cc3)c2)cc1. The van der Waals surface area contributed by atoms with Crippen LogP contribution in [-0.4, -0.2) is 11.1 Å². The Kier molecular flexibility index (Phi) is 4.72. The summed E-state index contributed by atoms with van der Waals surface area (Å²) in [5.41, 5.74) is 10.0. The summed E-state index contributed by atoms with van der Waals surface area (Å²) in [6, 6.07) is 17.6. The fourth-order valence-corrected chi connectivity index (χ4v) is 2.62. The van der Waals surface area contributed by atoms with Gasteiger partial charge in [0.05, 0.1) is 6.10 Å². The van der Waals surface area contributed by atoms with Crippen molar-refractivity contribution in [2.75, 3.05) is 5.73 Å². The summed E-state index contributed by atoms with van der Waals surface area (Å²) < 4.78 is 5.68. The molecule has 3 nitrogen and oxygen atoms in total.